The maximum atomic E-state index is 13.1. The number of para-hydroxylation sites is 1. The van der Waals surface area contributed by atoms with E-state index in [0.29, 0.717) is 5.02 Å². The second-order valence-corrected chi connectivity index (χ2v) is 6.71. The fraction of sp³-hybridized carbons (Fsp3) is 0.263. The van der Waals surface area contributed by atoms with Crippen LogP contribution in [0.2, 0.25) is 5.02 Å². The molecule has 1 N–H and O–H groups in total. The molecule has 0 spiro atoms. The first-order chi connectivity index (χ1) is 12.8. The average molecular weight is 397 g/mol. The van der Waals surface area contributed by atoms with Crippen LogP contribution < -0.4 is 5.32 Å². The number of nitrogens with one attached hydrogen (secondary N) is 1. The Morgan fingerprint density at radius 3 is 2.52 bits per heavy atom. The topological polar surface area (TPSA) is 49.4 Å². The molecule has 0 aromatic heterocycles. The summed E-state index contributed by atoms with van der Waals surface area (Å²) in [4.78, 5) is 26.1. The van der Waals surface area contributed by atoms with Crippen LogP contribution in [0.25, 0.3) is 0 Å². The minimum absolute atomic E-state index is 0.0511. The van der Waals surface area contributed by atoms with E-state index in [1.165, 1.54) is 23.1 Å². The fourth-order valence-electron chi connectivity index (χ4n) is 3.01. The molecule has 1 atom stereocenters. The monoisotopic (exact) mass is 396 g/mol. The Balaban J connectivity index is 1.69. The number of benzene rings is 2. The summed E-state index contributed by atoms with van der Waals surface area (Å²) >= 11 is 6.09. The lowest BCUT2D eigenvalue weighted by Gasteiger charge is -2.18. The molecule has 1 heterocycles. The van der Waals surface area contributed by atoms with Crippen molar-refractivity contribution in [3.05, 3.63) is 64.7 Å². The predicted octanol–water partition coefficient (Wildman–Crippen LogP) is 4.35. The summed E-state index contributed by atoms with van der Waals surface area (Å²) in [5.74, 6) is -1.57. The Labute approximate surface area is 158 Å². The molecule has 2 aromatic rings. The number of amides is 2. The number of hydrogen-bond donors (Lipinski definition) is 1. The van der Waals surface area contributed by atoms with Crippen molar-refractivity contribution in [1.82, 2.24) is 4.90 Å². The van der Waals surface area contributed by atoms with E-state index in [2.05, 4.69) is 5.32 Å². The summed E-state index contributed by atoms with van der Waals surface area (Å²) in [7, 11) is 0. The summed E-state index contributed by atoms with van der Waals surface area (Å²) in [5.41, 5.74) is -0.487. The lowest BCUT2D eigenvalue weighted by Crippen LogP contribution is -2.28. The lowest BCUT2D eigenvalue weighted by molar-refractivity contribution is -0.137. The molecule has 2 aromatic carbocycles. The van der Waals surface area contributed by atoms with Crippen LogP contribution in [0.3, 0.4) is 0 Å². The van der Waals surface area contributed by atoms with Gasteiger partial charge >= 0.3 is 6.18 Å². The van der Waals surface area contributed by atoms with Gasteiger partial charge in [0.1, 0.15) is 0 Å². The predicted molar refractivity (Wildman–Crippen MR) is 95.0 cm³/mol. The third kappa shape index (κ3) is 4.42. The van der Waals surface area contributed by atoms with Gasteiger partial charge in [-0.2, -0.15) is 13.2 Å². The Morgan fingerprint density at radius 2 is 1.81 bits per heavy atom. The summed E-state index contributed by atoms with van der Waals surface area (Å²) < 4.78 is 39.2. The van der Waals surface area contributed by atoms with Crippen molar-refractivity contribution in [3.8, 4) is 0 Å². The molecule has 2 amide bonds. The van der Waals surface area contributed by atoms with Crippen LogP contribution >= 0.6 is 11.6 Å². The van der Waals surface area contributed by atoms with Crippen molar-refractivity contribution in [2.45, 2.75) is 19.1 Å². The van der Waals surface area contributed by atoms with Gasteiger partial charge in [0.15, 0.2) is 0 Å². The Bertz CT molecular complexity index is 870. The highest BCUT2D eigenvalue weighted by Gasteiger charge is 2.37. The second kappa shape index (κ2) is 7.60. The summed E-state index contributed by atoms with van der Waals surface area (Å²) in [6, 6.07) is 11.8. The van der Waals surface area contributed by atoms with Crippen LogP contribution in [0.4, 0.5) is 18.9 Å². The van der Waals surface area contributed by atoms with Gasteiger partial charge in [0.2, 0.25) is 11.8 Å². The second-order valence-electron chi connectivity index (χ2n) is 6.30. The number of alkyl halides is 3. The van der Waals surface area contributed by atoms with Gasteiger partial charge in [-0.3, -0.25) is 9.59 Å². The minimum Gasteiger partial charge on any atom is -0.337 e. The van der Waals surface area contributed by atoms with Crippen molar-refractivity contribution in [3.63, 3.8) is 0 Å². The van der Waals surface area contributed by atoms with E-state index in [9.17, 15) is 22.8 Å². The third-order valence-electron chi connectivity index (χ3n) is 4.39. The van der Waals surface area contributed by atoms with E-state index in [1.807, 2.05) is 0 Å². The van der Waals surface area contributed by atoms with Gasteiger partial charge in [-0.1, -0.05) is 41.9 Å². The van der Waals surface area contributed by atoms with Gasteiger partial charge in [-0.25, -0.2) is 0 Å². The standard InChI is InChI=1S/C19H16ClF3N2O2/c20-15-7-3-1-5-12(15)10-25-11-13(9-17(25)26)18(27)24-16-8-4-2-6-14(16)19(21,22)23/h1-8,13H,9-11H2,(H,24,27). The van der Waals surface area contributed by atoms with E-state index >= 15 is 0 Å². The molecular formula is C19H16ClF3N2O2. The van der Waals surface area contributed by atoms with E-state index in [1.54, 1.807) is 24.3 Å². The van der Waals surface area contributed by atoms with Gasteiger partial charge in [0.25, 0.3) is 0 Å². The first-order valence-corrected chi connectivity index (χ1v) is 8.62. The third-order valence-corrected chi connectivity index (χ3v) is 4.76. The molecule has 142 valence electrons. The van der Waals surface area contributed by atoms with Gasteiger partial charge in [-0.15, -0.1) is 0 Å². The quantitative estimate of drug-likeness (QED) is 0.835. The highest BCUT2D eigenvalue weighted by atomic mass is 35.5. The van der Waals surface area contributed by atoms with Crippen molar-refractivity contribution in [1.29, 1.82) is 0 Å². The number of hydrogen-bond acceptors (Lipinski definition) is 2. The van der Waals surface area contributed by atoms with E-state index in [4.69, 9.17) is 11.6 Å². The first kappa shape index (κ1) is 19.2. The van der Waals surface area contributed by atoms with Gasteiger partial charge in [0.05, 0.1) is 17.2 Å². The Morgan fingerprint density at radius 1 is 1.15 bits per heavy atom. The van der Waals surface area contributed by atoms with E-state index < -0.39 is 23.6 Å². The van der Waals surface area contributed by atoms with Crippen LogP contribution in [0.5, 0.6) is 0 Å². The van der Waals surface area contributed by atoms with Gasteiger partial charge in [0, 0.05) is 24.5 Å². The molecule has 1 fully saturated rings. The summed E-state index contributed by atoms with van der Waals surface area (Å²) in [5, 5.41) is 2.82. The van der Waals surface area contributed by atoms with Crippen molar-refractivity contribution < 1.29 is 22.8 Å². The van der Waals surface area contributed by atoms with Crippen LogP contribution in [0.15, 0.2) is 48.5 Å². The van der Waals surface area contributed by atoms with Crippen LogP contribution in [-0.4, -0.2) is 23.3 Å². The number of halogens is 4. The van der Waals surface area contributed by atoms with Crippen LogP contribution in [-0.2, 0) is 22.3 Å². The lowest BCUT2D eigenvalue weighted by atomic mass is 10.1. The van der Waals surface area contributed by atoms with E-state index in [-0.39, 0.29) is 31.1 Å². The van der Waals surface area contributed by atoms with Crippen molar-refractivity contribution in [2.75, 3.05) is 11.9 Å². The highest BCUT2D eigenvalue weighted by Crippen LogP contribution is 2.35. The van der Waals surface area contributed by atoms with Crippen LogP contribution in [0, 0.1) is 5.92 Å². The molecule has 1 aliphatic heterocycles. The smallest absolute Gasteiger partial charge is 0.337 e. The SMILES string of the molecule is O=C(Nc1ccccc1C(F)(F)F)C1CC(=O)N(Cc2ccccc2Cl)C1. The van der Waals surface area contributed by atoms with Crippen molar-refractivity contribution in [2.24, 2.45) is 5.92 Å². The molecule has 1 saturated heterocycles. The normalized spacial score (nSPS) is 17.3. The molecule has 0 radical (unpaired) electrons. The number of rotatable bonds is 4. The fourth-order valence-corrected chi connectivity index (χ4v) is 3.20. The highest BCUT2D eigenvalue weighted by molar-refractivity contribution is 6.31. The summed E-state index contributed by atoms with van der Waals surface area (Å²) in [6.45, 7) is 0.380. The Kier molecular flexibility index (Phi) is 5.41. The molecule has 1 aliphatic rings. The van der Waals surface area contributed by atoms with Gasteiger partial charge < -0.3 is 10.2 Å². The molecule has 8 heteroatoms. The summed E-state index contributed by atoms with van der Waals surface area (Å²) in [6.07, 6.45) is -4.63. The van der Waals surface area contributed by atoms with Gasteiger partial charge in [-0.05, 0) is 23.8 Å². The maximum Gasteiger partial charge on any atom is 0.418 e. The zero-order valence-electron chi connectivity index (χ0n) is 14.1. The number of likely N-dealkylation sites (tertiary alicyclic amines) is 1. The molecule has 4 nitrogen and oxygen atoms in total. The number of carbonyl (C=O) groups excluding carboxylic acids is 2. The molecule has 0 saturated carbocycles. The van der Waals surface area contributed by atoms with Crippen molar-refractivity contribution >= 4 is 29.1 Å². The zero-order chi connectivity index (χ0) is 19.6. The van der Waals surface area contributed by atoms with E-state index in [0.717, 1.165) is 11.6 Å². The molecule has 3 rings (SSSR count). The average Bonchev–Trinajstić information content (AvgIpc) is 2.97. The van der Waals surface area contributed by atoms with Crippen LogP contribution in [0.1, 0.15) is 17.5 Å². The zero-order valence-corrected chi connectivity index (χ0v) is 14.8. The minimum atomic E-state index is -4.58. The molecule has 27 heavy (non-hydrogen) atoms. The number of carbonyl (C=O) groups is 2. The number of anilines is 1. The number of nitrogens with zero attached hydrogens (tertiary/aromatic N) is 1. The molecular weight excluding hydrogens is 381 g/mol. The largest absolute Gasteiger partial charge is 0.418 e. The molecule has 0 bridgehead atoms. The molecule has 0 aliphatic carbocycles. The molecule has 1 unspecified atom stereocenters. The first-order valence-electron chi connectivity index (χ1n) is 8.24. The Hall–Kier alpha value is -2.54. The maximum absolute atomic E-state index is 13.1.